The van der Waals surface area contributed by atoms with Gasteiger partial charge in [0, 0.05) is 105 Å². The molecule has 460 valence electrons. The molecule has 3 N–H and O–H groups in total. The standard InChI is InChI=1S/C15H19NO3.C14H21NO.C13H17NO.C8H16O.C7H12O.2C4H8O.CH4O.CH4.Al.Li.4H/c1-19-15(18)13-9-5-6-10-16(14(13)17)11-12-7-3-2-4-8-12;16-12-14-8-4-5-9-15(11-14)10-13-6-2-1-3-7-13;15-13-9-5-2-6-10-14(13)11-12-7-3-1-4-8-12;9-7-8-5-3-1-2-4-6-8;8-7-5-3-1-2-4-6-7;2*1-2-4-5-3-1;1-2;;;;;;;/h2-4,7-8,13H,5-6,9-11H2,1H3;1-3,6-7,14,16H,4-5,8-12H2;1,3-4,7-8H,2,5-6,9-11H2;8-9H,1-7H2;1-6H2;2*1-4H2;2H,1H3;1H4;;;;;;/q;;;;;;;;;;+1;;;;-1. The molecule has 0 bridgehead atoms. The molecule has 0 aromatic heterocycles. The Kier molecular flexibility index (Phi) is 50.9. The second-order valence-corrected chi connectivity index (χ2v) is 21.8. The van der Waals surface area contributed by atoms with Crippen LogP contribution in [0.1, 0.15) is 192 Å². The molecule has 5 aliphatic heterocycles. The maximum absolute atomic E-state index is 12.4. The Bertz CT molecular complexity index is 1930. The van der Waals surface area contributed by atoms with Crippen molar-refractivity contribution in [1.82, 2.24) is 14.7 Å². The predicted octanol–water partition coefficient (Wildman–Crippen LogP) is 8.49. The molecular formula is C67H113AlLiN3O10. The van der Waals surface area contributed by atoms with Crippen LogP contribution in [0.4, 0.5) is 0 Å². The molecule has 10 rings (SSSR count). The minimum absolute atomic E-state index is 0. The van der Waals surface area contributed by atoms with Crippen LogP contribution in [-0.4, -0.2) is 151 Å². The summed E-state index contributed by atoms with van der Waals surface area (Å²) < 4.78 is 14.6. The van der Waals surface area contributed by atoms with Crippen molar-refractivity contribution in [3.05, 3.63) is 108 Å². The molecular weight excluding hydrogens is 1040 g/mol. The van der Waals surface area contributed by atoms with E-state index in [4.69, 9.17) is 24.4 Å². The largest absolute Gasteiger partial charge is 1.00 e. The topological polar surface area (TPSA) is 166 Å². The van der Waals surface area contributed by atoms with Crippen molar-refractivity contribution in [2.75, 3.05) is 80.0 Å². The molecule has 5 heterocycles. The molecule has 15 heteroatoms. The smallest absolute Gasteiger partial charge is 1.00 e. The summed E-state index contributed by atoms with van der Waals surface area (Å²) in [5, 5.41) is 25.1. The van der Waals surface area contributed by atoms with E-state index < -0.39 is 11.9 Å². The van der Waals surface area contributed by atoms with Crippen LogP contribution in [0.15, 0.2) is 91.0 Å². The Morgan fingerprint density at radius 2 is 0.902 bits per heavy atom. The molecule has 0 spiro atoms. The number of carbonyl (C=O) groups excluding carboxylic acids is 4. The van der Waals surface area contributed by atoms with Crippen molar-refractivity contribution in [3.8, 4) is 0 Å². The number of Topliss-reactive ketones (excluding diaryl/α,β-unsaturated/α-hetero) is 1. The number of esters is 1. The summed E-state index contributed by atoms with van der Waals surface area (Å²) in [5.74, 6) is 0.756. The first-order chi connectivity index (χ1) is 38.8. The second-order valence-electron chi connectivity index (χ2n) is 21.8. The molecule has 3 aromatic rings. The van der Waals surface area contributed by atoms with Crippen molar-refractivity contribution in [2.45, 2.75) is 194 Å². The van der Waals surface area contributed by atoms with E-state index >= 15 is 0 Å². The monoisotopic (exact) mass is 1150 g/mol. The van der Waals surface area contributed by atoms with E-state index in [1.54, 1.807) is 4.90 Å². The van der Waals surface area contributed by atoms with Gasteiger partial charge in [-0.2, -0.15) is 0 Å². The number of aliphatic hydroxyl groups excluding tert-OH is 3. The van der Waals surface area contributed by atoms with Gasteiger partial charge in [-0.3, -0.25) is 24.1 Å². The van der Waals surface area contributed by atoms with Gasteiger partial charge in [0.2, 0.25) is 11.8 Å². The summed E-state index contributed by atoms with van der Waals surface area (Å²) in [6.07, 6.45) is 29.8. The number of rotatable bonds is 9. The minimum atomic E-state index is -0.629. The molecule has 5 saturated heterocycles. The third kappa shape index (κ3) is 37.1. The van der Waals surface area contributed by atoms with Gasteiger partial charge in [0.1, 0.15) is 11.7 Å². The fourth-order valence-electron chi connectivity index (χ4n) is 10.6. The van der Waals surface area contributed by atoms with Gasteiger partial charge >= 0.3 is 24.8 Å². The maximum Gasteiger partial charge on any atom is 1.00 e. The van der Waals surface area contributed by atoms with E-state index in [0.717, 1.165) is 123 Å². The molecule has 2 saturated carbocycles. The number of amides is 2. The van der Waals surface area contributed by atoms with Crippen LogP contribution in [0, 0.1) is 17.8 Å². The van der Waals surface area contributed by atoms with Gasteiger partial charge in [-0.15, -0.1) is 0 Å². The predicted molar refractivity (Wildman–Crippen MR) is 335 cm³/mol. The van der Waals surface area contributed by atoms with Crippen LogP contribution in [0.3, 0.4) is 0 Å². The number of likely N-dealkylation sites (tertiary alicyclic amines) is 3. The summed E-state index contributed by atoms with van der Waals surface area (Å²) in [4.78, 5) is 52.7. The number of ketones is 1. The number of hydrogen-bond donors (Lipinski definition) is 3. The minimum Gasteiger partial charge on any atom is -1.00 e. The van der Waals surface area contributed by atoms with Gasteiger partial charge in [0.25, 0.3) is 0 Å². The first-order valence-electron chi connectivity index (χ1n) is 30.6. The first-order valence-corrected chi connectivity index (χ1v) is 30.6. The number of carbonyl (C=O) groups is 4. The SMILES string of the molecule is C.C1CCOC1.C1CCOC1.CO.COC(=O)C1CCCCN(Cc2ccccc2)C1=O.O=C1CCCCCC1.O=C1CCCCCN1Cc1ccccc1.OCC1CCCCCC1.OCC1CCCCN(Cc2ccccc2)C1.[AlH3].[H-].[Li+]. The Labute approximate surface area is 521 Å². The Balaban J connectivity index is 0. The molecule has 7 aliphatic rings. The van der Waals surface area contributed by atoms with Crippen molar-refractivity contribution in [3.63, 3.8) is 0 Å². The van der Waals surface area contributed by atoms with Gasteiger partial charge in [0.15, 0.2) is 17.4 Å². The molecule has 2 unspecified atom stereocenters. The first kappa shape index (κ1) is 78.6. The number of hydrogen-bond acceptors (Lipinski definition) is 11. The average Bonchev–Trinajstić information content (AvgIpc) is 4.03. The molecule has 3 aromatic carbocycles. The third-order valence-electron chi connectivity index (χ3n) is 15.3. The van der Waals surface area contributed by atoms with Crippen LogP contribution in [-0.2, 0) is 53.0 Å². The summed E-state index contributed by atoms with van der Waals surface area (Å²) in [7, 11) is 2.34. The van der Waals surface area contributed by atoms with Crippen LogP contribution in [0.25, 0.3) is 0 Å². The van der Waals surface area contributed by atoms with Crippen LogP contribution in [0.5, 0.6) is 0 Å². The third-order valence-corrected chi connectivity index (χ3v) is 15.3. The summed E-state index contributed by atoms with van der Waals surface area (Å²) in [5.41, 5.74) is 3.69. The number of nitrogens with zero attached hydrogens (tertiary/aromatic N) is 3. The molecule has 7 fully saturated rings. The number of benzene rings is 3. The number of aliphatic hydroxyl groups is 3. The van der Waals surface area contributed by atoms with Gasteiger partial charge in [0.05, 0.1) is 7.11 Å². The Morgan fingerprint density at radius 1 is 0.512 bits per heavy atom. The van der Waals surface area contributed by atoms with E-state index in [9.17, 15) is 24.3 Å². The van der Waals surface area contributed by atoms with Crippen LogP contribution < -0.4 is 18.9 Å². The van der Waals surface area contributed by atoms with Crippen molar-refractivity contribution < 1.29 is 69.0 Å². The van der Waals surface area contributed by atoms with Gasteiger partial charge in [-0.25, -0.2) is 0 Å². The van der Waals surface area contributed by atoms with Gasteiger partial charge < -0.3 is 40.8 Å². The zero-order chi connectivity index (χ0) is 56.8. The quantitative estimate of drug-likeness (QED) is 0.0815. The normalized spacial score (nSPS) is 20.1. The van der Waals surface area contributed by atoms with Crippen LogP contribution in [0.2, 0.25) is 0 Å². The van der Waals surface area contributed by atoms with E-state index in [1.165, 1.54) is 128 Å². The Hall–Kier alpha value is -3.37. The van der Waals surface area contributed by atoms with Gasteiger partial charge in [-0.05, 0) is 125 Å². The van der Waals surface area contributed by atoms with Crippen molar-refractivity contribution in [1.29, 1.82) is 0 Å². The molecule has 13 nitrogen and oxygen atoms in total. The van der Waals surface area contributed by atoms with E-state index in [0.29, 0.717) is 56.3 Å². The fraction of sp³-hybridized carbons (Fsp3) is 0.672. The molecule has 2 amide bonds. The average molecular weight is 1150 g/mol. The van der Waals surface area contributed by atoms with Gasteiger partial charge in [-0.1, -0.05) is 156 Å². The van der Waals surface area contributed by atoms with E-state index in [-0.39, 0.29) is 51.0 Å². The summed E-state index contributed by atoms with van der Waals surface area (Å²) >= 11 is 0. The fourth-order valence-corrected chi connectivity index (χ4v) is 10.6. The van der Waals surface area contributed by atoms with E-state index in [1.807, 2.05) is 53.4 Å². The summed E-state index contributed by atoms with van der Waals surface area (Å²) in [6, 6.07) is 30.7. The second kappa shape index (κ2) is 53.1. The van der Waals surface area contributed by atoms with Crippen molar-refractivity contribution >= 4 is 40.9 Å². The number of ether oxygens (including phenoxy) is 3. The maximum atomic E-state index is 12.4. The summed E-state index contributed by atoms with van der Waals surface area (Å²) in [6.45, 7) is 11.0. The van der Waals surface area contributed by atoms with E-state index in [2.05, 4.69) is 47.4 Å². The van der Waals surface area contributed by atoms with Crippen LogP contribution >= 0.6 is 0 Å². The molecule has 0 radical (unpaired) electrons. The zero-order valence-electron chi connectivity index (χ0n) is 51.0. The molecule has 2 aliphatic carbocycles. The number of methoxy groups -OCH3 is 1. The van der Waals surface area contributed by atoms with Crippen molar-refractivity contribution in [2.24, 2.45) is 17.8 Å². The Morgan fingerprint density at radius 3 is 1.38 bits per heavy atom. The molecule has 2 atom stereocenters. The molecule has 82 heavy (non-hydrogen) atoms. The zero-order valence-corrected chi connectivity index (χ0v) is 50.0.